The van der Waals surface area contributed by atoms with E-state index in [2.05, 4.69) is 30.5 Å². The third-order valence-electron chi connectivity index (χ3n) is 3.36. The van der Waals surface area contributed by atoms with Crippen LogP contribution in [-0.2, 0) is 0 Å². The highest BCUT2D eigenvalue weighted by molar-refractivity contribution is 6.39. The normalized spacial score (nSPS) is 11.0. The van der Waals surface area contributed by atoms with Gasteiger partial charge in [-0.1, -0.05) is 29.3 Å². The fraction of sp³-hybridized carbons (Fsp3) is 0. The number of aromatic nitrogens is 5. The van der Waals surface area contributed by atoms with Crippen LogP contribution in [0.1, 0.15) is 0 Å². The molecule has 3 N–H and O–H groups in total. The minimum atomic E-state index is 0.536. The molecule has 1 aromatic carbocycles. The van der Waals surface area contributed by atoms with E-state index in [0.717, 1.165) is 11.2 Å². The van der Waals surface area contributed by atoms with Crippen LogP contribution < -0.4 is 5.32 Å². The van der Waals surface area contributed by atoms with E-state index in [0.29, 0.717) is 32.8 Å². The number of imidazole rings is 1. The number of nitrogens with zero attached hydrogens (tertiary/aromatic N) is 3. The van der Waals surface area contributed by atoms with E-state index >= 15 is 0 Å². The van der Waals surface area contributed by atoms with Crippen molar-refractivity contribution in [1.82, 2.24) is 25.1 Å². The molecule has 4 rings (SSSR count). The van der Waals surface area contributed by atoms with Gasteiger partial charge in [-0.3, -0.25) is 5.10 Å². The van der Waals surface area contributed by atoms with Crippen LogP contribution in [0.5, 0.6) is 0 Å². The van der Waals surface area contributed by atoms with Crippen LogP contribution in [0.2, 0.25) is 10.0 Å². The van der Waals surface area contributed by atoms with Crippen LogP contribution in [0, 0.1) is 0 Å². The van der Waals surface area contributed by atoms with Gasteiger partial charge in [-0.05, 0) is 18.2 Å². The fourth-order valence-electron chi connectivity index (χ4n) is 2.33. The van der Waals surface area contributed by atoms with E-state index in [9.17, 15) is 0 Å². The topological polar surface area (TPSA) is 82.3 Å². The molecule has 0 bridgehead atoms. The Morgan fingerprint density at radius 2 is 1.91 bits per heavy atom. The third-order valence-corrected chi connectivity index (χ3v) is 3.99. The lowest BCUT2D eigenvalue weighted by Crippen LogP contribution is -1.93. The summed E-state index contributed by atoms with van der Waals surface area (Å²) in [6.45, 7) is 0. The van der Waals surface area contributed by atoms with Gasteiger partial charge in [0, 0.05) is 12.4 Å². The number of hydrogen-bond acceptors (Lipinski definition) is 4. The molecular weight excluding hydrogens is 335 g/mol. The number of nitrogens with one attached hydrogen (secondary N) is 3. The number of hydrogen-bond donors (Lipinski definition) is 3. The van der Waals surface area contributed by atoms with Gasteiger partial charge < -0.3 is 10.3 Å². The summed E-state index contributed by atoms with van der Waals surface area (Å²) in [5.41, 5.74) is 2.99. The Morgan fingerprint density at radius 3 is 2.65 bits per heavy atom. The number of anilines is 2. The second-order valence-corrected chi connectivity index (χ2v) is 5.66. The Bertz CT molecular complexity index is 957. The first-order valence-electron chi connectivity index (χ1n) is 6.77. The predicted molar refractivity (Wildman–Crippen MR) is 91.2 cm³/mol. The molecule has 0 unspecified atom stereocenters. The van der Waals surface area contributed by atoms with Crippen LogP contribution >= 0.6 is 23.2 Å². The van der Waals surface area contributed by atoms with E-state index in [1.54, 1.807) is 36.8 Å². The Kier molecular flexibility index (Phi) is 3.40. The zero-order chi connectivity index (χ0) is 15.8. The Labute approximate surface area is 140 Å². The van der Waals surface area contributed by atoms with Crippen LogP contribution in [0.15, 0.2) is 42.9 Å². The predicted octanol–water partition coefficient (Wildman–Crippen LogP) is 4.40. The number of rotatable bonds is 3. The van der Waals surface area contributed by atoms with E-state index < -0.39 is 0 Å². The lowest BCUT2D eigenvalue weighted by atomic mass is 10.2. The molecule has 0 amide bonds. The summed E-state index contributed by atoms with van der Waals surface area (Å²) >= 11 is 12.5. The van der Waals surface area contributed by atoms with Crippen molar-refractivity contribution >= 4 is 45.7 Å². The maximum atomic E-state index is 6.26. The minimum Gasteiger partial charge on any atom is -0.338 e. The third kappa shape index (κ3) is 2.52. The van der Waals surface area contributed by atoms with E-state index in [1.807, 2.05) is 6.07 Å². The largest absolute Gasteiger partial charge is 0.338 e. The lowest BCUT2D eigenvalue weighted by Gasteiger charge is -2.03. The number of H-pyrrole nitrogens is 2. The summed E-state index contributed by atoms with van der Waals surface area (Å²) in [6.07, 6.45) is 5.10. The summed E-state index contributed by atoms with van der Waals surface area (Å²) in [5.74, 6) is 1.22. The van der Waals surface area contributed by atoms with Crippen molar-refractivity contribution < 1.29 is 0 Å². The Morgan fingerprint density at radius 1 is 1.09 bits per heavy atom. The SMILES string of the molecule is Clc1cccc(Cl)c1-c1nc2c(Nc3cn[nH]c3)nccc2[nH]1. The number of halogens is 2. The summed E-state index contributed by atoms with van der Waals surface area (Å²) in [6, 6.07) is 7.19. The molecular formula is C15H10Cl2N6. The molecule has 0 aliphatic heterocycles. The van der Waals surface area contributed by atoms with Gasteiger partial charge >= 0.3 is 0 Å². The van der Waals surface area contributed by atoms with Gasteiger partial charge in [-0.15, -0.1) is 0 Å². The second kappa shape index (κ2) is 5.57. The Hall–Kier alpha value is -2.57. The zero-order valence-corrected chi connectivity index (χ0v) is 13.2. The quantitative estimate of drug-likeness (QED) is 0.514. The smallest absolute Gasteiger partial charge is 0.158 e. The van der Waals surface area contributed by atoms with Crippen LogP contribution in [0.3, 0.4) is 0 Å². The van der Waals surface area contributed by atoms with Crippen molar-refractivity contribution in [3.05, 3.63) is 52.9 Å². The van der Waals surface area contributed by atoms with Gasteiger partial charge in [0.2, 0.25) is 0 Å². The highest BCUT2D eigenvalue weighted by Crippen LogP contribution is 2.34. The maximum absolute atomic E-state index is 6.26. The van der Waals surface area contributed by atoms with Gasteiger partial charge in [-0.2, -0.15) is 5.10 Å². The van der Waals surface area contributed by atoms with Crippen molar-refractivity contribution in [3.63, 3.8) is 0 Å². The zero-order valence-electron chi connectivity index (χ0n) is 11.6. The van der Waals surface area contributed by atoms with Crippen LogP contribution in [-0.4, -0.2) is 25.1 Å². The number of aromatic amines is 2. The molecule has 0 aliphatic carbocycles. The van der Waals surface area contributed by atoms with Gasteiger partial charge in [0.15, 0.2) is 5.82 Å². The lowest BCUT2D eigenvalue weighted by molar-refractivity contribution is 1.09. The summed E-state index contributed by atoms with van der Waals surface area (Å²) in [5, 5.41) is 10.9. The van der Waals surface area contributed by atoms with Crippen molar-refractivity contribution in [2.75, 3.05) is 5.32 Å². The molecule has 0 saturated carbocycles. The van der Waals surface area contributed by atoms with E-state index in [-0.39, 0.29) is 0 Å². The first kappa shape index (κ1) is 14.0. The summed E-state index contributed by atoms with van der Waals surface area (Å²) in [7, 11) is 0. The van der Waals surface area contributed by atoms with Gasteiger partial charge in [0.25, 0.3) is 0 Å². The van der Waals surface area contributed by atoms with Crippen molar-refractivity contribution in [3.8, 4) is 11.4 Å². The van der Waals surface area contributed by atoms with Crippen molar-refractivity contribution in [2.24, 2.45) is 0 Å². The molecule has 4 aromatic rings. The van der Waals surface area contributed by atoms with Crippen molar-refractivity contribution in [1.29, 1.82) is 0 Å². The number of benzene rings is 1. The van der Waals surface area contributed by atoms with Gasteiger partial charge in [0.05, 0.1) is 33.0 Å². The highest BCUT2D eigenvalue weighted by Gasteiger charge is 2.15. The standard InChI is InChI=1S/C15H10Cl2N6/c16-9-2-1-3-10(17)12(9)14-22-11-4-5-18-15(13(11)23-14)21-8-6-19-20-7-8/h1-7H,(H,18,21)(H,19,20)(H,22,23). The van der Waals surface area contributed by atoms with Crippen LogP contribution in [0.4, 0.5) is 11.5 Å². The molecule has 6 nitrogen and oxygen atoms in total. The highest BCUT2D eigenvalue weighted by atomic mass is 35.5. The van der Waals surface area contributed by atoms with Crippen molar-refractivity contribution in [2.45, 2.75) is 0 Å². The minimum absolute atomic E-state index is 0.536. The average Bonchev–Trinajstić information content (AvgIpc) is 3.17. The first-order chi connectivity index (χ1) is 11.2. The molecule has 0 aliphatic rings. The Balaban J connectivity index is 1.85. The van der Waals surface area contributed by atoms with E-state index in [4.69, 9.17) is 23.2 Å². The van der Waals surface area contributed by atoms with Crippen LogP contribution in [0.25, 0.3) is 22.4 Å². The summed E-state index contributed by atoms with van der Waals surface area (Å²) in [4.78, 5) is 12.2. The second-order valence-electron chi connectivity index (χ2n) is 4.85. The van der Waals surface area contributed by atoms with E-state index in [1.165, 1.54) is 0 Å². The molecule has 8 heteroatoms. The molecule has 0 fully saturated rings. The average molecular weight is 345 g/mol. The van der Waals surface area contributed by atoms with Gasteiger partial charge in [0.1, 0.15) is 11.3 Å². The number of pyridine rings is 1. The first-order valence-corrected chi connectivity index (χ1v) is 7.53. The maximum Gasteiger partial charge on any atom is 0.158 e. The molecule has 3 heterocycles. The molecule has 114 valence electrons. The molecule has 0 saturated heterocycles. The monoisotopic (exact) mass is 344 g/mol. The fourth-order valence-corrected chi connectivity index (χ4v) is 2.90. The molecule has 0 atom stereocenters. The van der Waals surface area contributed by atoms with Gasteiger partial charge in [-0.25, -0.2) is 9.97 Å². The molecule has 3 aromatic heterocycles. The number of fused-ring (bicyclic) bond motifs is 1. The molecule has 0 spiro atoms. The molecule has 0 radical (unpaired) electrons. The molecule has 23 heavy (non-hydrogen) atoms. The summed E-state index contributed by atoms with van der Waals surface area (Å²) < 4.78 is 0.